The fourth-order valence-corrected chi connectivity index (χ4v) is 6.62. The molecule has 0 saturated heterocycles. The molecule has 2 spiro atoms. The van der Waals surface area contributed by atoms with Crippen LogP contribution in [0, 0.1) is 11.3 Å². The Labute approximate surface area is 138 Å². The van der Waals surface area contributed by atoms with Gasteiger partial charge in [0.2, 0.25) is 0 Å². The Morgan fingerprint density at radius 2 is 2.25 bits per heavy atom. The predicted molar refractivity (Wildman–Crippen MR) is 81.9 cm³/mol. The SMILES string of the molecule is CC(=O)Oc1ccc2c3c1O[C@H]1C(=O)CC[C@@]4(O)[C@@H]5CC5(C2)C[C@]314. The highest BCUT2D eigenvalue weighted by Crippen LogP contribution is 2.82. The van der Waals surface area contributed by atoms with E-state index in [0.29, 0.717) is 24.3 Å². The van der Waals surface area contributed by atoms with Gasteiger partial charge in [0.05, 0.1) is 11.0 Å². The number of hydrogen-bond acceptors (Lipinski definition) is 5. The van der Waals surface area contributed by atoms with Crippen molar-refractivity contribution in [2.75, 3.05) is 0 Å². The molecule has 1 N–H and O–H groups in total. The van der Waals surface area contributed by atoms with Crippen molar-refractivity contribution in [1.29, 1.82) is 0 Å². The number of hydrogen-bond donors (Lipinski definition) is 1. The summed E-state index contributed by atoms with van der Waals surface area (Å²) in [6, 6.07) is 3.76. The second kappa shape index (κ2) is 3.54. The zero-order valence-electron chi connectivity index (χ0n) is 13.4. The summed E-state index contributed by atoms with van der Waals surface area (Å²) in [5, 5.41) is 11.7. The van der Waals surface area contributed by atoms with Gasteiger partial charge in [-0.15, -0.1) is 0 Å². The molecule has 3 fully saturated rings. The summed E-state index contributed by atoms with van der Waals surface area (Å²) in [4.78, 5) is 24.1. The molecule has 0 radical (unpaired) electrons. The van der Waals surface area contributed by atoms with Gasteiger partial charge in [-0.05, 0) is 48.6 Å². The summed E-state index contributed by atoms with van der Waals surface area (Å²) in [5.74, 6) is 0.799. The molecule has 1 aliphatic heterocycles. The monoisotopic (exact) mass is 326 g/mol. The lowest BCUT2D eigenvalue weighted by Gasteiger charge is -2.49. The number of carbonyl (C=O) groups excluding carboxylic acids is 2. The Hall–Kier alpha value is -1.88. The summed E-state index contributed by atoms with van der Waals surface area (Å²) in [6.45, 7) is 1.35. The minimum absolute atomic E-state index is 0.0638. The molecule has 3 saturated carbocycles. The third kappa shape index (κ3) is 1.15. The Bertz CT molecular complexity index is 860. The van der Waals surface area contributed by atoms with Gasteiger partial charge in [0.15, 0.2) is 23.4 Å². The third-order valence-corrected chi connectivity index (χ3v) is 7.35. The van der Waals surface area contributed by atoms with Gasteiger partial charge in [-0.2, -0.15) is 0 Å². The number of ketones is 1. The Morgan fingerprint density at radius 1 is 1.42 bits per heavy atom. The number of esters is 1. The molecule has 1 heterocycles. The lowest BCUT2D eigenvalue weighted by Crippen LogP contribution is -2.62. The fourth-order valence-electron chi connectivity index (χ4n) is 6.62. The Morgan fingerprint density at radius 3 is 3.04 bits per heavy atom. The van der Waals surface area contributed by atoms with Crippen LogP contribution in [-0.4, -0.2) is 28.6 Å². The van der Waals surface area contributed by atoms with E-state index in [-0.39, 0.29) is 17.1 Å². The second-order valence-corrected chi connectivity index (χ2v) is 8.35. The van der Waals surface area contributed by atoms with Gasteiger partial charge in [0, 0.05) is 18.9 Å². The van der Waals surface area contributed by atoms with Crippen molar-refractivity contribution in [3.05, 3.63) is 23.3 Å². The molecule has 124 valence electrons. The van der Waals surface area contributed by atoms with E-state index in [0.717, 1.165) is 30.4 Å². The van der Waals surface area contributed by atoms with Crippen LogP contribution in [0.4, 0.5) is 0 Å². The first-order valence-electron chi connectivity index (χ1n) is 8.68. The van der Waals surface area contributed by atoms with Gasteiger partial charge < -0.3 is 14.6 Å². The molecule has 24 heavy (non-hydrogen) atoms. The molecule has 0 amide bonds. The van der Waals surface area contributed by atoms with E-state index in [1.165, 1.54) is 6.92 Å². The number of benzene rings is 1. The number of carbonyl (C=O) groups is 2. The van der Waals surface area contributed by atoms with Crippen LogP contribution in [0.5, 0.6) is 11.5 Å². The number of aliphatic hydroxyl groups is 1. The van der Waals surface area contributed by atoms with Crippen molar-refractivity contribution < 1.29 is 24.2 Å². The van der Waals surface area contributed by atoms with Crippen LogP contribution < -0.4 is 9.47 Å². The molecule has 5 aliphatic rings. The molecule has 4 aliphatic carbocycles. The highest BCUT2D eigenvalue weighted by molar-refractivity contribution is 5.90. The van der Waals surface area contributed by atoms with Gasteiger partial charge in [-0.1, -0.05) is 6.07 Å². The van der Waals surface area contributed by atoms with Crippen LogP contribution in [0.25, 0.3) is 0 Å². The summed E-state index contributed by atoms with van der Waals surface area (Å²) in [5.41, 5.74) is 0.738. The maximum atomic E-state index is 12.7. The van der Waals surface area contributed by atoms with Gasteiger partial charge in [-0.25, -0.2) is 0 Å². The first-order valence-corrected chi connectivity index (χ1v) is 8.68. The zero-order chi connectivity index (χ0) is 16.5. The summed E-state index contributed by atoms with van der Waals surface area (Å²) >= 11 is 0. The number of fused-ring (bicyclic) bond motifs is 1. The normalized spacial score (nSPS) is 45.3. The number of rotatable bonds is 1. The predicted octanol–water partition coefficient (Wildman–Crippen LogP) is 1.67. The van der Waals surface area contributed by atoms with Crippen molar-refractivity contribution in [1.82, 2.24) is 0 Å². The molecule has 1 aromatic carbocycles. The first kappa shape index (κ1) is 13.4. The van der Waals surface area contributed by atoms with E-state index in [2.05, 4.69) is 0 Å². The number of ether oxygens (including phenoxy) is 2. The highest BCUT2D eigenvalue weighted by Gasteiger charge is 2.85. The van der Waals surface area contributed by atoms with E-state index in [9.17, 15) is 14.7 Å². The smallest absolute Gasteiger partial charge is 0.308 e. The fraction of sp³-hybridized carbons (Fsp3) is 0.579. The summed E-state index contributed by atoms with van der Waals surface area (Å²) in [7, 11) is 0. The lowest BCUT2D eigenvalue weighted by atomic mass is 9.55. The minimum Gasteiger partial charge on any atom is -0.477 e. The maximum Gasteiger partial charge on any atom is 0.308 e. The number of Topliss-reactive ketones (excluding diaryl/α,β-unsaturated/α-hetero) is 1. The molecule has 1 aromatic rings. The van der Waals surface area contributed by atoms with Crippen molar-refractivity contribution in [3.8, 4) is 11.5 Å². The van der Waals surface area contributed by atoms with Crippen LogP contribution in [0.1, 0.15) is 43.7 Å². The van der Waals surface area contributed by atoms with Gasteiger partial charge >= 0.3 is 5.97 Å². The molecule has 5 atom stereocenters. The van der Waals surface area contributed by atoms with Crippen LogP contribution in [-0.2, 0) is 21.4 Å². The molecular weight excluding hydrogens is 308 g/mol. The van der Waals surface area contributed by atoms with Crippen molar-refractivity contribution in [3.63, 3.8) is 0 Å². The molecule has 1 unspecified atom stereocenters. The third-order valence-electron chi connectivity index (χ3n) is 7.35. The zero-order valence-corrected chi connectivity index (χ0v) is 13.4. The van der Waals surface area contributed by atoms with Gasteiger partial charge in [-0.3, -0.25) is 9.59 Å². The molecule has 5 heteroatoms. The summed E-state index contributed by atoms with van der Waals surface area (Å²) < 4.78 is 11.4. The first-order chi connectivity index (χ1) is 11.4. The average Bonchev–Trinajstić information content (AvgIpc) is 3.02. The standard InChI is InChI=1S/C19H18O5/c1-9(20)23-12-3-2-10-6-17-7-13(17)19(22)5-4-11(21)16-18(19,8-17)14(10)15(12)24-16/h2-3,13,16,22H,4-8H2,1H3/t13-,16+,17?,18+,19-/m1/s1. The van der Waals surface area contributed by atoms with Crippen molar-refractivity contribution in [2.45, 2.75) is 56.1 Å². The van der Waals surface area contributed by atoms with Crippen LogP contribution >= 0.6 is 0 Å². The molecular formula is C19H18O5. The van der Waals surface area contributed by atoms with Crippen molar-refractivity contribution in [2.24, 2.45) is 11.3 Å². The average molecular weight is 326 g/mol. The van der Waals surface area contributed by atoms with E-state index < -0.39 is 23.1 Å². The van der Waals surface area contributed by atoms with Crippen molar-refractivity contribution >= 4 is 11.8 Å². The highest BCUT2D eigenvalue weighted by atomic mass is 16.6. The van der Waals surface area contributed by atoms with Crippen LogP contribution in [0.15, 0.2) is 12.1 Å². The molecule has 5 nitrogen and oxygen atoms in total. The second-order valence-electron chi connectivity index (χ2n) is 8.35. The van der Waals surface area contributed by atoms with Crippen LogP contribution in [0.3, 0.4) is 0 Å². The van der Waals surface area contributed by atoms with Gasteiger partial charge in [0.1, 0.15) is 0 Å². The van der Waals surface area contributed by atoms with E-state index in [4.69, 9.17) is 9.47 Å². The van der Waals surface area contributed by atoms with Crippen LogP contribution in [0.2, 0.25) is 0 Å². The Kier molecular flexibility index (Phi) is 1.98. The van der Waals surface area contributed by atoms with E-state index in [1.54, 1.807) is 6.07 Å². The van der Waals surface area contributed by atoms with Gasteiger partial charge in [0.25, 0.3) is 0 Å². The minimum atomic E-state index is -0.864. The van der Waals surface area contributed by atoms with E-state index in [1.807, 2.05) is 6.07 Å². The maximum absolute atomic E-state index is 12.7. The Balaban J connectivity index is 1.66. The largest absolute Gasteiger partial charge is 0.477 e. The summed E-state index contributed by atoms with van der Waals surface area (Å²) in [6.07, 6.45) is 3.05. The molecule has 0 aromatic heterocycles. The molecule has 2 bridgehead atoms. The quantitative estimate of drug-likeness (QED) is 0.628. The topological polar surface area (TPSA) is 72.8 Å². The lowest BCUT2D eigenvalue weighted by molar-refractivity contribution is -0.149. The molecule has 6 rings (SSSR count). The van der Waals surface area contributed by atoms with E-state index >= 15 is 0 Å².